The normalized spacial score (nSPS) is 10.9. The van der Waals surface area contributed by atoms with E-state index in [1.54, 1.807) is 18.5 Å². The minimum Gasteiger partial charge on any atom is -0.481 e. The van der Waals surface area contributed by atoms with Crippen molar-refractivity contribution in [2.24, 2.45) is 5.10 Å². The van der Waals surface area contributed by atoms with Crippen molar-refractivity contribution in [3.8, 4) is 5.75 Å². The molecule has 24 heavy (non-hydrogen) atoms. The van der Waals surface area contributed by atoms with Crippen LogP contribution in [0.25, 0.3) is 10.9 Å². The number of hydrazone groups is 1. The van der Waals surface area contributed by atoms with Crippen molar-refractivity contribution in [2.45, 2.75) is 0 Å². The maximum absolute atomic E-state index is 11.8. The van der Waals surface area contributed by atoms with Crippen LogP contribution in [0.4, 0.5) is 0 Å². The van der Waals surface area contributed by atoms with Gasteiger partial charge in [0.1, 0.15) is 11.3 Å². The molecule has 0 radical (unpaired) electrons. The van der Waals surface area contributed by atoms with Crippen LogP contribution in [-0.2, 0) is 4.79 Å². The zero-order valence-electron chi connectivity index (χ0n) is 12.6. The maximum atomic E-state index is 11.8. The summed E-state index contributed by atoms with van der Waals surface area (Å²) in [6.07, 6.45) is 3.26. The smallest absolute Gasteiger partial charge is 0.277 e. The van der Waals surface area contributed by atoms with Gasteiger partial charge < -0.3 is 4.74 Å². The molecule has 1 N–H and O–H groups in total. The van der Waals surface area contributed by atoms with Crippen molar-refractivity contribution in [1.82, 2.24) is 10.4 Å². The van der Waals surface area contributed by atoms with E-state index in [1.165, 1.54) is 0 Å². The van der Waals surface area contributed by atoms with E-state index in [0.717, 1.165) is 20.9 Å². The van der Waals surface area contributed by atoms with E-state index in [9.17, 15) is 4.79 Å². The van der Waals surface area contributed by atoms with E-state index in [1.807, 2.05) is 48.5 Å². The molecular formula is C18H14BrN3O2. The predicted molar refractivity (Wildman–Crippen MR) is 97.1 cm³/mol. The summed E-state index contributed by atoms with van der Waals surface area (Å²) in [4.78, 5) is 16.1. The van der Waals surface area contributed by atoms with Crippen LogP contribution in [0.2, 0.25) is 0 Å². The Morgan fingerprint density at radius 1 is 1.17 bits per heavy atom. The number of nitrogens with zero attached hydrogens (tertiary/aromatic N) is 2. The summed E-state index contributed by atoms with van der Waals surface area (Å²) in [5.74, 6) is 0.226. The van der Waals surface area contributed by atoms with Crippen molar-refractivity contribution in [1.29, 1.82) is 0 Å². The molecule has 0 aliphatic heterocycles. The quantitative estimate of drug-likeness (QED) is 0.541. The fourth-order valence-corrected chi connectivity index (χ4v) is 2.51. The lowest BCUT2D eigenvalue weighted by Gasteiger charge is -2.07. The van der Waals surface area contributed by atoms with Crippen LogP contribution in [0.3, 0.4) is 0 Å². The van der Waals surface area contributed by atoms with Gasteiger partial charge in [0.05, 0.1) is 6.21 Å². The molecule has 0 saturated carbocycles. The first-order chi connectivity index (χ1) is 11.7. The van der Waals surface area contributed by atoms with Gasteiger partial charge in [-0.2, -0.15) is 5.10 Å². The van der Waals surface area contributed by atoms with Gasteiger partial charge in [-0.3, -0.25) is 9.78 Å². The largest absolute Gasteiger partial charge is 0.481 e. The number of hydrogen-bond donors (Lipinski definition) is 1. The third-order valence-electron chi connectivity index (χ3n) is 3.25. The molecule has 0 atom stereocenters. The Morgan fingerprint density at radius 2 is 2.00 bits per heavy atom. The number of amides is 1. The number of pyridine rings is 1. The third kappa shape index (κ3) is 3.97. The Morgan fingerprint density at radius 3 is 2.88 bits per heavy atom. The summed E-state index contributed by atoms with van der Waals surface area (Å²) in [6.45, 7) is -0.136. The molecule has 1 amide bonds. The minimum atomic E-state index is -0.341. The van der Waals surface area contributed by atoms with Crippen molar-refractivity contribution < 1.29 is 9.53 Å². The maximum Gasteiger partial charge on any atom is 0.277 e. The minimum absolute atomic E-state index is 0.136. The Kier molecular flexibility index (Phi) is 5.18. The first-order valence-electron chi connectivity index (χ1n) is 7.27. The molecular weight excluding hydrogens is 370 g/mol. The Bertz CT molecular complexity index is 891. The van der Waals surface area contributed by atoms with Gasteiger partial charge in [-0.1, -0.05) is 52.3 Å². The van der Waals surface area contributed by atoms with Gasteiger partial charge in [0, 0.05) is 21.6 Å². The van der Waals surface area contributed by atoms with Crippen LogP contribution >= 0.6 is 15.9 Å². The number of para-hydroxylation sites is 1. The van der Waals surface area contributed by atoms with Crippen LogP contribution in [0.1, 0.15) is 5.56 Å². The number of nitrogens with one attached hydrogen (secondary N) is 1. The number of benzene rings is 2. The average molecular weight is 384 g/mol. The fraction of sp³-hybridized carbons (Fsp3) is 0.0556. The molecule has 0 aliphatic carbocycles. The molecule has 2 aromatic carbocycles. The topological polar surface area (TPSA) is 63.6 Å². The number of carbonyl (C=O) groups is 1. The van der Waals surface area contributed by atoms with Gasteiger partial charge in [-0.25, -0.2) is 5.43 Å². The molecule has 0 fully saturated rings. The van der Waals surface area contributed by atoms with Crippen LogP contribution < -0.4 is 10.2 Å². The summed E-state index contributed by atoms with van der Waals surface area (Å²) < 4.78 is 6.45. The van der Waals surface area contributed by atoms with E-state index in [4.69, 9.17) is 4.74 Å². The van der Waals surface area contributed by atoms with Gasteiger partial charge in [-0.05, 0) is 18.2 Å². The number of fused-ring (bicyclic) bond motifs is 1. The molecule has 5 nitrogen and oxygen atoms in total. The first-order valence-corrected chi connectivity index (χ1v) is 8.06. The van der Waals surface area contributed by atoms with Gasteiger partial charge in [0.2, 0.25) is 0 Å². The van der Waals surface area contributed by atoms with Crippen LogP contribution in [-0.4, -0.2) is 23.7 Å². The Labute approximate surface area is 147 Å². The average Bonchev–Trinajstić information content (AvgIpc) is 2.61. The molecule has 0 aliphatic rings. The van der Waals surface area contributed by atoms with E-state index >= 15 is 0 Å². The lowest BCUT2D eigenvalue weighted by atomic mass is 10.2. The molecule has 0 bridgehead atoms. The van der Waals surface area contributed by atoms with Gasteiger partial charge in [-0.15, -0.1) is 0 Å². The fourth-order valence-electron chi connectivity index (χ4n) is 2.12. The van der Waals surface area contributed by atoms with E-state index in [0.29, 0.717) is 5.75 Å². The highest BCUT2D eigenvalue weighted by atomic mass is 79.9. The molecule has 1 aromatic heterocycles. The van der Waals surface area contributed by atoms with E-state index in [-0.39, 0.29) is 12.5 Å². The molecule has 3 aromatic rings. The van der Waals surface area contributed by atoms with Crippen LogP contribution in [0, 0.1) is 0 Å². The zero-order valence-corrected chi connectivity index (χ0v) is 14.2. The molecule has 0 saturated heterocycles. The molecule has 1 heterocycles. The lowest BCUT2D eigenvalue weighted by molar-refractivity contribution is -0.123. The van der Waals surface area contributed by atoms with Crippen molar-refractivity contribution >= 4 is 39.0 Å². The number of ether oxygens (including phenoxy) is 1. The van der Waals surface area contributed by atoms with Gasteiger partial charge in [0.25, 0.3) is 5.91 Å². The highest BCUT2D eigenvalue weighted by molar-refractivity contribution is 9.10. The second-order valence-corrected chi connectivity index (χ2v) is 5.79. The van der Waals surface area contributed by atoms with Gasteiger partial charge >= 0.3 is 0 Å². The standard InChI is InChI=1S/C18H14BrN3O2/c19-15-8-2-1-5-14(15)11-21-22-17(23)12-24-16-9-3-6-13-7-4-10-20-18(13)16/h1-11H,12H2,(H,22,23). The monoisotopic (exact) mass is 383 g/mol. The van der Waals surface area contributed by atoms with Crippen LogP contribution in [0.15, 0.2) is 70.4 Å². The second kappa shape index (κ2) is 7.70. The van der Waals surface area contributed by atoms with Crippen molar-refractivity contribution in [3.63, 3.8) is 0 Å². The molecule has 0 unspecified atom stereocenters. The number of rotatable bonds is 5. The summed E-state index contributed by atoms with van der Waals surface area (Å²) in [5.41, 5.74) is 4.04. The SMILES string of the molecule is O=C(COc1cccc2cccnc12)NN=Cc1ccccc1Br. The molecule has 120 valence electrons. The molecule has 6 heteroatoms. The number of hydrogen-bond acceptors (Lipinski definition) is 4. The Balaban J connectivity index is 1.58. The highest BCUT2D eigenvalue weighted by Crippen LogP contribution is 2.22. The lowest BCUT2D eigenvalue weighted by Crippen LogP contribution is -2.24. The van der Waals surface area contributed by atoms with Gasteiger partial charge in [0.15, 0.2) is 6.61 Å². The predicted octanol–water partition coefficient (Wildman–Crippen LogP) is 3.53. The molecule has 0 spiro atoms. The summed E-state index contributed by atoms with van der Waals surface area (Å²) >= 11 is 3.41. The van der Waals surface area contributed by atoms with Crippen molar-refractivity contribution in [3.05, 3.63) is 70.8 Å². The summed E-state index contributed by atoms with van der Waals surface area (Å²) in [5, 5.41) is 4.89. The Hall–Kier alpha value is -2.73. The summed E-state index contributed by atoms with van der Waals surface area (Å²) in [6, 6.07) is 17.0. The number of halogens is 1. The molecule has 3 rings (SSSR count). The second-order valence-electron chi connectivity index (χ2n) is 4.93. The number of carbonyl (C=O) groups excluding carboxylic acids is 1. The third-order valence-corrected chi connectivity index (χ3v) is 3.97. The number of aromatic nitrogens is 1. The summed E-state index contributed by atoms with van der Waals surface area (Å²) in [7, 11) is 0. The highest BCUT2D eigenvalue weighted by Gasteiger charge is 2.06. The zero-order chi connectivity index (χ0) is 16.8. The van der Waals surface area contributed by atoms with E-state index in [2.05, 4.69) is 31.4 Å². The van der Waals surface area contributed by atoms with Crippen molar-refractivity contribution in [2.75, 3.05) is 6.61 Å². The van der Waals surface area contributed by atoms with Crippen LogP contribution in [0.5, 0.6) is 5.75 Å². The first kappa shape index (κ1) is 16.1. The van der Waals surface area contributed by atoms with E-state index < -0.39 is 0 Å².